The van der Waals surface area contributed by atoms with Gasteiger partial charge in [-0.05, 0) is 0 Å². The minimum absolute atomic E-state index is 0.138. The predicted octanol–water partition coefficient (Wildman–Crippen LogP) is 0.201. The fourth-order valence-corrected chi connectivity index (χ4v) is 4.49. The third-order valence-electron chi connectivity index (χ3n) is 1.79. The maximum atomic E-state index is 11.7. The molecule has 0 aliphatic carbocycles. The summed E-state index contributed by atoms with van der Waals surface area (Å²) in [5.74, 6) is -0.314. The van der Waals surface area contributed by atoms with Gasteiger partial charge in [0, 0.05) is 14.2 Å². The van der Waals surface area contributed by atoms with Gasteiger partial charge >= 0.3 is 7.60 Å². The summed E-state index contributed by atoms with van der Waals surface area (Å²) in [6.07, 6.45) is 0. The van der Waals surface area contributed by atoms with Gasteiger partial charge in [-0.1, -0.05) is 0 Å². The Morgan fingerprint density at radius 1 is 1.38 bits per heavy atom. The second-order valence-corrected chi connectivity index (χ2v) is 6.79. The first-order valence-corrected chi connectivity index (χ1v) is 6.71. The molecule has 1 heterocycles. The average Bonchev–Trinajstić information content (AvgIpc) is 2.45. The van der Waals surface area contributed by atoms with Crippen molar-refractivity contribution in [3.05, 3.63) is 0 Å². The zero-order chi connectivity index (χ0) is 10.1. The van der Waals surface area contributed by atoms with Crippen molar-refractivity contribution in [2.24, 2.45) is 0 Å². The zero-order valence-corrected chi connectivity index (χ0v) is 9.01. The SMILES string of the molecule is COP(=O)(OC)C1COS(=O)(=O)C1. The van der Waals surface area contributed by atoms with E-state index < -0.39 is 23.4 Å². The number of rotatable bonds is 3. The van der Waals surface area contributed by atoms with Gasteiger partial charge in [-0.15, -0.1) is 0 Å². The molecule has 1 aliphatic heterocycles. The molecule has 0 radical (unpaired) electrons. The Morgan fingerprint density at radius 3 is 2.23 bits per heavy atom. The summed E-state index contributed by atoms with van der Waals surface area (Å²) in [6, 6.07) is 0. The van der Waals surface area contributed by atoms with Crippen molar-refractivity contribution in [2.45, 2.75) is 5.66 Å². The monoisotopic (exact) mass is 230 g/mol. The van der Waals surface area contributed by atoms with Gasteiger partial charge in [0.25, 0.3) is 10.1 Å². The summed E-state index contributed by atoms with van der Waals surface area (Å²) >= 11 is 0. The molecule has 0 aromatic carbocycles. The predicted molar refractivity (Wildman–Crippen MR) is 45.2 cm³/mol. The van der Waals surface area contributed by atoms with Crippen molar-refractivity contribution in [3.8, 4) is 0 Å². The van der Waals surface area contributed by atoms with Crippen LogP contribution in [-0.2, 0) is 27.9 Å². The summed E-state index contributed by atoms with van der Waals surface area (Å²) in [5.41, 5.74) is -0.715. The maximum absolute atomic E-state index is 11.7. The van der Waals surface area contributed by atoms with E-state index in [0.29, 0.717) is 0 Å². The summed E-state index contributed by atoms with van der Waals surface area (Å²) in [6.45, 7) is -0.138. The Hall–Kier alpha value is 0.0600. The number of hydrogen-bond acceptors (Lipinski definition) is 6. The molecule has 0 amide bonds. The standard InChI is InChI=1S/C5H11O6PS/c1-9-12(6,10-2)5-3-11-13(7,8)4-5/h5H,3-4H2,1-2H3. The quantitative estimate of drug-likeness (QED) is 0.509. The van der Waals surface area contributed by atoms with Gasteiger partial charge in [-0.3, -0.25) is 8.75 Å². The zero-order valence-electron chi connectivity index (χ0n) is 7.30. The molecule has 0 aromatic rings. The first-order chi connectivity index (χ1) is 5.93. The Morgan fingerprint density at radius 2 is 1.92 bits per heavy atom. The van der Waals surface area contributed by atoms with E-state index in [9.17, 15) is 13.0 Å². The minimum Gasteiger partial charge on any atom is -0.312 e. The lowest BCUT2D eigenvalue weighted by Crippen LogP contribution is -2.15. The topological polar surface area (TPSA) is 78.9 Å². The second kappa shape index (κ2) is 3.67. The first-order valence-electron chi connectivity index (χ1n) is 3.52. The summed E-state index contributed by atoms with van der Waals surface area (Å²) in [4.78, 5) is 0. The molecule has 1 unspecified atom stereocenters. The fourth-order valence-electron chi connectivity index (χ4n) is 1.07. The molecule has 1 atom stereocenters. The van der Waals surface area contributed by atoms with E-state index in [1.165, 1.54) is 14.2 Å². The van der Waals surface area contributed by atoms with Gasteiger partial charge in [0.05, 0.1) is 12.4 Å². The van der Waals surface area contributed by atoms with E-state index >= 15 is 0 Å². The average molecular weight is 230 g/mol. The van der Waals surface area contributed by atoms with E-state index in [4.69, 9.17) is 0 Å². The molecule has 0 spiro atoms. The van der Waals surface area contributed by atoms with Crippen LogP contribution in [0.25, 0.3) is 0 Å². The first kappa shape index (κ1) is 11.1. The van der Waals surface area contributed by atoms with E-state index in [1.54, 1.807) is 0 Å². The number of hydrogen-bond donors (Lipinski definition) is 0. The summed E-state index contributed by atoms with van der Waals surface area (Å²) in [5, 5.41) is 0. The molecule has 0 aromatic heterocycles. The van der Waals surface area contributed by atoms with Crippen LogP contribution in [0.1, 0.15) is 0 Å². The van der Waals surface area contributed by atoms with E-state index in [-0.39, 0.29) is 12.4 Å². The smallest absolute Gasteiger partial charge is 0.312 e. The fraction of sp³-hybridized carbons (Fsp3) is 1.00. The Bertz CT molecular complexity index is 314. The highest BCUT2D eigenvalue weighted by atomic mass is 32.2. The second-order valence-electron chi connectivity index (χ2n) is 2.57. The Balaban J connectivity index is 2.81. The lowest BCUT2D eigenvalue weighted by atomic mass is 10.5. The van der Waals surface area contributed by atoms with Crippen LogP contribution in [0.4, 0.5) is 0 Å². The molecule has 1 fully saturated rings. The van der Waals surface area contributed by atoms with Crippen LogP contribution < -0.4 is 0 Å². The van der Waals surface area contributed by atoms with E-state index in [1.807, 2.05) is 0 Å². The van der Waals surface area contributed by atoms with Crippen molar-refractivity contribution < 1.29 is 26.2 Å². The molecule has 1 rings (SSSR count). The van der Waals surface area contributed by atoms with Crippen molar-refractivity contribution in [1.29, 1.82) is 0 Å². The molecular formula is C5H11O6PS. The van der Waals surface area contributed by atoms with Gasteiger partial charge in [-0.2, -0.15) is 8.42 Å². The molecule has 0 N–H and O–H groups in total. The molecule has 6 nitrogen and oxygen atoms in total. The highest BCUT2D eigenvalue weighted by molar-refractivity contribution is 7.87. The van der Waals surface area contributed by atoms with Crippen molar-refractivity contribution in [3.63, 3.8) is 0 Å². The van der Waals surface area contributed by atoms with Gasteiger partial charge in [0.15, 0.2) is 0 Å². The molecule has 0 bridgehead atoms. The van der Waals surface area contributed by atoms with Crippen LogP contribution >= 0.6 is 7.60 Å². The molecule has 1 saturated heterocycles. The molecule has 1 aliphatic rings. The highest BCUT2D eigenvalue weighted by Crippen LogP contribution is 2.53. The van der Waals surface area contributed by atoms with Gasteiger partial charge in [0.2, 0.25) is 0 Å². The van der Waals surface area contributed by atoms with Crippen molar-refractivity contribution in [1.82, 2.24) is 0 Å². The lowest BCUT2D eigenvalue weighted by molar-refractivity contribution is 0.257. The molecular weight excluding hydrogens is 219 g/mol. The van der Waals surface area contributed by atoms with Crippen molar-refractivity contribution in [2.75, 3.05) is 26.6 Å². The van der Waals surface area contributed by atoms with Gasteiger partial charge in [-0.25, -0.2) is 0 Å². The minimum atomic E-state index is -3.53. The molecule has 78 valence electrons. The van der Waals surface area contributed by atoms with Crippen LogP contribution in [0.5, 0.6) is 0 Å². The van der Waals surface area contributed by atoms with Crippen molar-refractivity contribution >= 4 is 17.7 Å². The molecule has 0 saturated carbocycles. The largest absolute Gasteiger partial charge is 0.336 e. The van der Waals surface area contributed by atoms with Crippen LogP contribution in [0.2, 0.25) is 0 Å². The van der Waals surface area contributed by atoms with Gasteiger partial charge in [0.1, 0.15) is 5.66 Å². The summed E-state index contributed by atoms with van der Waals surface area (Å²) < 4.78 is 47.1. The van der Waals surface area contributed by atoms with Crippen LogP contribution in [0, 0.1) is 0 Å². The summed E-state index contributed by atoms with van der Waals surface area (Å²) in [7, 11) is -4.41. The molecule has 13 heavy (non-hydrogen) atoms. The normalized spacial score (nSPS) is 27.7. The molecule has 8 heteroatoms. The Kier molecular flexibility index (Phi) is 3.14. The van der Waals surface area contributed by atoms with Crippen LogP contribution in [0.15, 0.2) is 0 Å². The van der Waals surface area contributed by atoms with E-state index in [2.05, 4.69) is 13.2 Å². The van der Waals surface area contributed by atoms with Gasteiger partial charge < -0.3 is 9.05 Å². The van der Waals surface area contributed by atoms with Crippen LogP contribution in [-0.4, -0.2) is 40.7 Å². The third kappa shape index (κ3) is 2.30. The third-order valence-corrected chi connectivity index (χ3v) is 5.59. The lowest BCUT2D eigenvalue weighted by Gasteiger charge is -2.17. The maximum Gasteiger partial charge on any atom is 0.336 e. The Labute approximate surface area is 76.8 Å². The van der Waals surface area contributed by atoms with E-state index in [0.717, 1.165) is 0 Å². The highest BCUT2D eigenvalue weighted by Gasteiger charge is 2.43. The van der Waals surface area contributed by atoms with Crippen LogP contribution in [0.3, 0.4) is 0 Å².